The first-order valence-electron chi connectivity index (χ1n) is 10.3. The van der Waals surface area contributed by atoms with Crippen LogP contribution in [0.2, 0.25) is 0 Å². The quantitative estimate of drug-likeness (QED) is 0.615. The minimum atomic E-state index is -1.29. The van der Waals surface area contributed by atoms with Gasteiger partial charge in [-0.3, -0.25) is 0 Å². The van der Waals surface area contributed by atoms with Crippen LogP contribution in [-0.2, 0) is 11.2 Å². The summed E-state index contributed by atoms with van der Waals surface area (Å²) in [5.74, 6) is 0. The van der Waals surface area contributed by atoms with Gasteiger partial charge in [0.1, 0.15) is 11.2 Å². The zero-order valence-corrected chi connectivity index (χ0v) is 18.7. The molecule has 0 fully saturated rings. The monoisotopic (exact) mass is 390 g/mol. The first kappa shape index (κ1) is 21.5. The van der Waals surface area contributed by atoms with Gasteiger partial charge < -0.3 is 10.2 Å². The van der Waals surface area contributed by atoms with Gasteiger partial charge >= 0.3 is 0 Å². The molecule has 2 N–H and O–H groups in total. The lowest BCUT2D eigenvalue weighted by Gasteiger charge is -2.49. The Bertz CT molecular complexity index is 901. The summed E-state index contributed by atoms with van der Waals surface area (Å²) in [5, 5.41) is 24.1. The zero-order valence-electron chi connectivity index (χ0n) is 18.7. The largest absolute Gasteiger partial charge is 0.377 e. The molecular formula is C27H34O2. The first-order valence-corrected chi connectivity index (χ1v) is 10.3. The molecule has 0 amide bonds. The number of hydrogen-bond acceptors (Lipinski definition) is 2. The molecule has 2 aromatic rings. The SMILES string of the molecule is Cc1ccc(C2(O)C(C(C)(C)C)=CC(O)(c3ccccc3)C=C2C(C)(C)C)cc1. The second kappa shape index (κ2) is 6.97. The van der Waals surface area contributed by atoms with Crippen LogP contribution in [0.4, 0.5) is 0 Å². The lowest BCUT2D eigenvalue weighted by atomic mass is 9.59. The fraction of sp³-hybridized carbons (Fsp3) is 0.407. The van der Waals surface area contributed by atoms with Gasteiger partial charge in [-0.1, -0.05) is 102 Å². The van der Waals surface area contributed by atoms with E-state index in [1.165, 1.54) is 0 Å². The molecule has 2 heteroatoms. The van der Waals surface area contributed by atoms with Gasteiger partial charge in [-0.2, -0.15) is 0 Å². The van der Waals surface area contributed by atoms with Crippen molar-refractivity contribution in [3.8, 4) is 0 Å². The maximum atomic E-state index is 12.4. The molecule has 154 valence electrons. The summed E-state index contributed by atoms with van der Waals surface area (Å²) in [6.07, 6.45) is 3.72. The number of hydrogen-bond donors (Lipinski definition) is 2. The number of rotatable bonds is 2. The predicted molar refractivity (Wildman–Crippen MR) is 120 cm³/mol. The van der Waals surface area contributed by atoms with Gasteiger partial charge in [-0.05, 0) is 52.2 Å². The number of aliphatic hydroxyl groups is 2. The Kier molecular flexibility index (Phi) is 5.18. The standard InChI is InChI=1S/C27H34O2/c1-19-13-15-21(16-14-19)27(29)22(24(2,3)4)17-26(28,18-23(27)25(5,6)7)20-11-9-8-10-12-20/h8-18,28-29H,1-7H3. The number of aryl methyl sites for hydroxylation is 1. The lowest BCUT2D eigenvalue weighted by molar-refractivity contribution is 0.0497. The molecule has 0 bridgehead atoms. The van der Waals surface area contributed by atoms with Gasteiger partial charge in [-0.25, -0.2) is 0 Å². The molecule has 0 atom stereocenters. The second-order valence-corrected chi connectivity index (χ2v) is 10.4. The van der Waals surface area contributed by atoms with Crippen LogP contribution in [0.25, 0.3) is 0 Å². The van der Waals surface area contributed by atoms with E-state index in [-0.39, 0.29) is 10.8 Å². The normalized spacial score (nSPS) is 25.4. The van der Waals surface area contributed by atoms with Gasteiger partial charge in [0, 0.05) is 0 Å². The zero-order chi connectivity index (χ0) is 21.7. The van der Waals surface area contributed by atoms with Crippen molar-refractivity contribution in [2.45, 2.75) is 59.7 Å². The van der Waals surface area contributed by atoms with E-state index in [0.29, 0.717) is 0 Å². The maximum Gasteiger partial charge on any atom is 0.133 e. The molecule has 0 saturated carbocycles. The highest BCUT2D eigenvalue weighted by atomic mass is 16.3. The van der Waals surface area contributed by atoms with E-state index < -0.39 is 11.2 Å². The highest BCUT2D eigenvalue weighted by Crippen LogP contribution is 2.55. The van der Waals surface area contributed by atoms with E-state index in [2.05, 4.69) is 41.5 Å². The maximum absolute atomic E-state index is 12.4. The smallest absolute Gasteiger partial charge is 0.133 e. The molecule has 3 rings (SSSR count). The third-order valence-electron chi connectivity index (χ3n) is 5.83. The van der Waals surface area contributed by atoms with Crippen LogP contribution in [0, 0.1) is 17.8 Å². The van der Waals surface area contributed by atoms with Crippen molar-refractivity contribution in [2.75, 3.05) is 0 Å². The van der Waals surface area contributed by atoms with Crippen LogP contribution >= 0.6 is 0 Å². The van der Waals surface area contributed by atoms with Gasteiger partial charge in [0.05, 0.1) is 0 Å². The van der Waals surface area contributed by atoms with E-state index in [4.69, 9.17) is 0 Å². The minimum absolute atomic E-state index is 0.354. The molecule has 0 saturated heterocycles. The first-order chi connectivity index (χ1) is 13.3. The van der Waals surface area contributed by atoms with Crippen LogP contribution in [-0.4, -0.2) is 10.2 Å². The van der Waals surface area contributed by atoms with Gasteiger partial charge in [0.2, 0.25) is 0 Å². The summed E-state index contributed by atoms with van der Waals surface area (Å²) in [4.78, 5) is 0. The molecule has 1 aliphatic rings. The Hall–Kier alpha value is -2.16. The van der Waals surface area contributed by atoms with Crippen LogP contribution in [0.1, 0.15) is 58.2 Å². The van der Waals surface area contributed by atoms with Crippen molar-refractivity contribution in [1.82, 2.24) is 0 Å². The number of benzene rings is 2. The Labute approximate surface area is 175 Å². The molecule has 0 aliphatic heterocycles. The summed E-state index contributed by atoms with van der Waals surface area (Å²) >= 11 is 0. The van der Waals surface area contributed by atoms with Crippen molar-refractivity contribution < 1.29 is 10.2 Å². The summed E-state index contributed by atoms with van der Waals surface area (Å²) in [5.41, 5.74) is 1.14. The van der Waals surface area contributed by atoms with Gasteiger partial charge in [-0.15, -0.1) is 0 Å². The van der Waals surface area contributed by atoms with E-state index in [1.807, 2.05) is 73.7 Å². The van der Waals surface area contributed by atoms with E-state index in [9.17, 15) is 10.2 Å². The summed E-state index contributed by atoms with van der Waals surface area (Å²) in [6.45, 7) is 14.6. The van der Waals surface area contributed by atoms with E-state index in [1.54, 1.807) is 0 Å². The van der Waals surface area contributed by atoms with Crippen LogP contribution in [0.3, 0.4) is 0 Å². The molecule has 0 unspecified atom stereocenters. The van der Waals surface area contributed by atoms with Crippen molar-refractivity contribution in [1.29, 1.82) is 0 Å². The van der Waals surface area contributed by atoms with Crippen molar-refractivity contribution in [2.24, 2.45) is 10.8 Å². The summed E-state index contributed by atoms with van der Waals surface area (Å²) < 4.78 is 0. The van der Waals surface area contributed by atoms with Gasteiger partial charge in [0.15, 0.2) is 0 Å². The van der Waals surface area contributed by atoms with Crippen LogP contribution in [0.15, 0.2) is 77.9 Å². The van der Waals surface area contributed by atoms with Crippen molar-refractivity contribution >= 4 is 0 Å². The molecule has 2 nitrogen and oxygen atoms in total. The van der Waals surface area contributed by atoms with Gasteiger partial charge in [0.25, 0.3) is 0 Å². The van der Waals surface area contributed by atoms with E-state index in [0.717, 1.165) is 27.8 Å². The molecule has 0 spiro atoms. The third-order valence-corrected chi connectivity index (χ3v) is 5.83. The molecule has 1 aliphatic carbocycles. The van der Waals surface area contributed by atoms with Crippen LogP contribution in [0.5, 0.6) is 0 Å². The Morgan fingerprint density at radius 3 is 1.48 bits per heavy atom. The highest BCUT2D eigenvalue weighted by molar-refractivity contribution is 5.54. The second-order valence-electron chi connectivity index (χ2n) is 10.4. The van der Waals surface area contributed by atoms with Crippen molar-refractivity contribution in [3.63, 3.8) is 0 Å². The fourth-order valence-electron chi connectivity index (χ4n) is 4.33. The highest BCUT2D eigenvalue weighted by Gasteiger charge is 2.51. The summed E-state index contributed by atoms with van der Waals surface area (Å²) in [7, 11) is 0. The molecule has 29 heavy (non-hydrogen) atoms. The minimum Gasteiger partial charge on any atom is -0.377 e. The molecule has 0 heterocycles. The Balaban J connectivity index is 2.37. The predicted octanol–water partition coefficient (Wildman–Crippen LogP) is 6.03. The Morgan fingerprint density at radius 1 is 0.621 bits per heavy atom. The molecule has 0 radical (unpaired) electrons. The molecular weight excluding hydrogens is 356 g/mol. The fourth-order valence-corrected chi connectivity index (χ4v) is 4.33. The Morgan fingerprint density at radius 2 is 1.07 bits per heavy atom. The summed E-state index contributed by atoms with van der Waals surface area (Å²) in [6, 6.07) is 17.8. The molecule has 2 aromatic carbocycles. The average molecular weight is 391 g/mol. The van der Waals surface area contributed by atoms with Crippen molar-refractivity contribution in [3.05, 3.63) is 94.6 Å². The topological polar surface area (TPSA) is 40.5 Å². The van der Waals surface area contributed by atoms with Crippen LogP contribution < -0.4 is 0 Å². The third kappa shape index (κ3) is 3.84. The lowest BCUT2D eigenvalue weighted by Crippen LogP contribution is -2.46. The molecule has 0 aromatic heterocycles. The average Bonchev–Trinajstić information content (AvgIpc) is 2.63. The van der Waals surface area contributed by atoms with E-state index >= 15 is 0 Å².